The van der Waals surface area contributed by atoms with Gasteiger partial charge in [0.15, 0.2) is 0 Å². The third-order valence-corrected chi connectivity index (χ3v) is 7.23. The van der Waals surface area contributed by atoms with E-state index in [1.54, 1.807) is 12.1 Å². The van der Waals surface area contributed by atoms with E-state index in [1.165, 1.54) is 24.1 Å². The van der Waals surface area contributed by atoms with Crippen LogP contribution >= 0.6 is 11.6 Å². The molecule has 1 saturated heterocycles. The van der Waals surface area contributed by atoms with Crippen molar-refractivity contribution in [2.45, 2.75) is 17.5 Å². The second-order valence-corrected chi connectivity index (χ2v) is 9.14. The van der Waals surface area contributed by atoms with Crippen LogP contribution in [0.4, 0.5) is 0 Å². The van der Waals surface area contributed by atoms with Gasteiger partial charge < -0.3 is 15.0 Å². The SMILES string of the molecule is COc1ccc(S(=O)(=O)N2CCN(C(=O)CCl)CC2C(=O)NCc2ccccc2)cc1. The molecular formula is C21H24ClN3O5S. The van der Waals surface area contributed by atoms with E-state index in [4.69, 9.17) is 16.3 Å². The zero-order valence-corrected chi connectivity index (χ0v) is 18.6. The van der Waals surface area contributed by atoms with E-state index in [0.29, 0.717) is 5.75 Å². The molecule has 1 unspecified atom stereocenters. The predicted molar refractivity (Wildman–Crippen MR) is 116 cm³/mol. The van der Waals surface area contributed by atoms with Crippen LogP contribution < -0.4 is 10.1 Å². The molecule has 2 aromatic carbocycles. The number of alkyl halides is 1. The zero-order chi connectivity index (χ0) is 22.4. The number of nitrogens with zero attached hydrogens (tertiary/aromatic N) is 2. The smallest absolute Gasteiger partial charge is 0.243 e. The minimum Gasteiger partial charge on any atom is -0.497 e. The molecule has 3 rings (SSSR count). The summed E-state index contributed by atoms with van der Waals surface area (Å²) in [5.74, 6) is -0.533. The summed E-state index contributed by atoms with van der Waals surface area (Å²) in [6.07, 6.45) is 0. The molecule has 1 aliphatic heterocycles. The number of piperazine rings is 1. The van der Waals surface area contributed by atoms with E-state index >= 15 is 0 Å². The van der Waals surface area contributed by atoms with Gasteiger partial charge in [0.1, 0.15) is 17.7 Å². The lowest BCUT2D eigenvalue weighted by molar-refractivity contribution is -0.134. The molecule has 1 atom stereocenters. The second-order valence-electron chi connectivity index (χ2n) is 6.98. The van der Waals surface area contributed by atoms with Crippen molar-refractivity contribution >= 4 is 33.4 Å². The Kier molecular flexibility index (Phi) is 7.53. The van der Waals surface area contributed by atoms with E-state index in [-0.39, 0.29) is 42.9 Å². The Morgan fingerprint density at radius 1 is 1.10 bits per heavy atom. The van der Waals surface area contributed by atoms with Crippen LogP contribution in [0.25, 0.3) is 0 Å². The molecule has 1 aliphatic rings. The molecule has 0 bridgehead atoms. The molecular weight excluding hydrogens is 442 g/mol. The van der Waals surface area contributed by atoms with Crippen LogP contribution in [0.5, 0.6) is 5.75 Å². The molecule has 0 aliphatic carbocycles. The first-order valence-electron chi connectivity index (χ1n) is 9.68. The highest BCUT2D eigenvalue weighted by Crippen LogP contribution is 2.24. The third-order valence-electron chi connectivity index (χ3n) is 5.08. The van der Waals surface area contributed by atoms with Crippen molar-refractivity contribution < 1.29 is 22.7 Å². The molecule has 31 heavy (non-hydrogen) atoms. The number of nitrogens with one attached hydrogen (secondary N) is 1. The molecule has 2 aromatic rings. The summed E-state index contributed by atoms with van der Waals surface area (Å²) >= 11 is 5.67. The summed E-state index contributed by atoms with van der Waals surface area (Å²) in [7, 11) is -2.48. The van der Waals surface area contributed by atoms with Gasteiger partial charge in [-0.15, -0.1) is 11.6 Å². The Hall–Kier alpha value is -2.62. The molecule has 1 fully saturated rings. The van der Waals surface area contributed by atoms with Gasteiger partial charge in [0.25, 0.3) is 0 Å². The Bertz CT molecular complexity index is 1020. The summed E-state index contributed by atoms with van der Waals surface area (Å²) in [6.45, 7) is 0.321. The maximum Gasteiger partial charge on any atom is 0.243 e. The van der Waals surface area contributed by atoms with Crippen molar-refractivity contribution in [3.05, 3.63) is 60.2 Å². The zero-order valence-electron chi connectivity index (χ0n) is 17.0. The molecule has 0 spiro atoms. The molecule has 166 valence electrons. The van der Waals surface area contributed by atoms with Gasteiger partial charge in [0.2, 0.25) is 21.8 Å². The van der Waals surface area contributed by atoms with Crippen molar-refractivity contribution in [2.24, 2.45) is 0 Å². The summed E-state index contributed by atoms with van der Waals surface area (Å²) in [5, 5.41) is 2.78. The van der Waals surface area contributed by atoms with E-state index < -0.39 is 22.0 Å². The van der Waals surface area contributed by atoms with Crippen LogP contribution in [0, 0.1) is 0 Å². The molecule has 2 amide bonds. The fraction of sp³-hybridized carbons (Fsp3) is 0.333. The second kappa shape index (κ2) is 10.1. The highest BCUT2D eigenvalue weighted by atomic mass is 35.5. The number of halogens is 1. The molecule has 0 aromatic heterocycles. The minimum atomic E-state index is -3.97. The first-order valence-corrected chi connectivity index (χ1v) is 11.7. The molecule has 0 saturated carbocycles. The standard InChI is InChI=1S/C21H24ClN3O5S/c1-30-17-7-9-18(10-8-17)31(28,29)25-12-11-24(20(26)13-22)15-19(25)21(27)23-14-16-5-3-2-4-6-16/h2-10,19H,11-15H2,1H3,(H,23,27). The molecule has 0 radical (unpaired) electrons. The van der Waals surface area contributed by atoms with Gasteiger partial charge in [-0.1, -0.05) is 30.3 Å². The third kappa shape index (κ3) is 5.36. The lowest BCUT2D eigenvalue weighted by atomic mass is 10.1. The van der Waals surface area contributed by atoms with E-state index in [2.05, 4.69) is 5.32 Å². The maximum atomic E-state index is 13.3. The first-order chi connectivity index (χ1) is 14.9. The topological polar surface area (TPSA) is 96.0 Å². The number of hydrogen-bond acceptors (Lipinski definition) is 5. The molecule has 1 N–H and O–H groups in total. The van der Waals surface area contributed by atoms with Crippen LogP contribution in [0.15, 0.2) is 59.5 Å². The van der Waals surface area contributed by atoms with E-state index in [1.807, 2.05) is 30.3 Å². The number of rotatable bonds is 7. The van der Waals surface area contributed by atoms with E-state index in [9.17, 15) is 18.0 Å². The largest absolute Gasteiger partial charge is 0.497 e. The lowest BCUT2D eigenvalue weighted by Crippen LogP contribution is -2.61. The van der Waals surface area contributed by atoms with Gasteiger partial charge >= 0.3 is 0 Å². The van der Waals surface area contributed by atoms with Crippen LogP contribution in [0.2, 0.25) is 0 Å². The van der Waals surface area contributed by atoms with Gasteiger partial charge in [-0.3, -0.25) is 9.59 Å². The number of carbonyl (C=O) groups excluding carboxylic acids is 2. The number of methoxy groups -OCH3 is 1. The van der Waals surface area contributed by atoms with Crippen LogP contribution in [-0.4, -0.2) is 68.1 Å². The van der Waals surface area contributed by atoms with Gasteiger partial charge in [0.05, 0.1) is 12.0 Å². The number of carbonyl (C=O) groups is 2. The van der Waals surface area contributed by atoms with Crippen molar-refractivity contribution in [3.8, 4) is 5.75 Å². The number of sulfonamides is 1. The average molecular weight is 466 g/mol. The molecule has 10 heteroatoms. The molecule has 8 nitrogen and oxygen atoms in total. The molecule has 1 heterocycles. The quantitative estimate of drug-likeness (QED) is 0.624. The number of amides is 2. The fourth-order valence-electron chi connectivity index (χ4n) is 3.36. The Balaban J connectivity index is 1.84. The summed E-state index contributed by atoms with van der Waals surface area (Å²) in [6, 6.07) is 14.2. The average Bonchev–Trinajstić information content (AvgIpc) is 2.82. The summed E-state index contributed by atoms with van der Waals surface area (Å²) in [4.78, 5) is 26.6. The van der Waals surface area contributed by atoms with Gasteiger partial charge in [-0.05, 0) is 29.8 Å². The predicted octanol–water partition coefficient (Wildman–Crippen LogP) is 1.45. The van der Waals surface area contributed by atoms with Crippen LogP contribution in [-0.2, 0) is 26.2 Å². The van der Waals surface area contributed by atoms with Crippen molar-refractivity contribution in [1.82, 2.24) is 14.5 Å². The lowest BCUT2D eigenvalue weighted by Gasteiger charge is -2.39. The normalized spacial score (nSPS) is 17.2. The highest BCUT2D eigenvalue weighted by Gasteiger charge is 2.41. The van der Waals surface area contributed by atoms with Crippen LogP contribution in [0.1, 0.15) is 5.56 Å². The summed E-state index contributed by atoms with van der Waals surface area (Å²) in [5.41, 5.74) is 0.880. The Labute approximate surface area is 186 Å². The number of hydrogen-bond donors (Lipinski definition) is 1. The summed E-state index contributed by atoms with van der Waals surface area (Å²) < 4.78 is 32.8. The Morgan fingerprint density at radius 3 is 2.39 bits per heavy atom. The van der Waals surface area contributed by atoms with Crippen molar-refractivity contribution in [1.29, 1.82) is 0 Å². The van der Waals surface area contributed by atoms with Crippen molar-refractivity contribution in [3.63, 3.8) is 0 Å². The van der Waals surface area contributed by atoms with Gasteiger partial charge in [-0.2, -0.15) is 4.31 Å². The maximum absolute atomic E-state index is 13.3. The van der Waals surface area contributed by atoms with Gasteiger partial charge in [0, 0.05) is 26.2 Å². The van der Waals surface area contributed by atoms with Crippen LogP contribution in [0.3, 0.4) is 0 Å². The van der Waals surface area contributed by atoms with Gasteiger partial charge in [-0.25, -0.2) is 8.42 Å². The Morgan fingerprint density at radius 2 is 1.77 bits per heavy atom. The monoisotopic (exact) mass is 465 g/mol. The fourth-order valence-corrected chi connectivity index (χ4v) is 5.10. The highest BCUT2D eigenvalue weighted by molar-refractivity contribution is 7.89. The minimum absolute atomic E-state index is 0.0135. The van der Waals surface area contributed by atoms with Crippen molar-refractivity contribution in [2.75, 3.05) is 32.6 Å². The van der Waals surface area contributed by atoms with E-state index in [0.717, 1.165) is 9.87 Å². The first kappa shape index (κ1) is 23.1. The number of ether oxygens (including phenoxy) is 1. The number of benzene rings is 2.